The summed E-state index contributed by atoms with van der Waals surface area (Å²) in [6.07, 6.45) is -1.32. The molecule has 1 unspecified atom stereocenters. The highest BCUT2D eigenvalue weighted by Gasteiger charge is 2.30. The van der Waals surface area contributed by atoms with Gasteiger partial charge in [0.15, 0.2) is 11.5 Å². The molecule has 198 valence electrons. The van der Waals surface area contributed by atoms with E-state index in [9.17, 15) is 23.5 Å². The van der Waals surface area contributed by atoms with Gasteiger partial charge in [0.2, 0.25) is 16.8 Å². The van der Waals surface area contributed by atoms with Gasteiger partial charge in [-0.3, -0.25) is 5.21 Å². The van der Waals surface area contributed by atoms with E-state index in [4.69, 9.17) is 19.3 Å². The van der Waals surface area contributed by atoms with E-state index in [1.54, 1.807) is 30.3 Å². The van der Waals surface area contributed by atoms with E-state index in [0.29, 0.717) is 17.2 Å². The first-order valence-corrected chi connectivity index (χ1v) is 13.0. The molecule has 3 rings (SSSR count). The minimum absolute atomic E-state index is 0.00315. The highest BCUT2D eigenvalue weighted by Crippen LogP contribution is 2.35. The molecule has 0 saturated carbocycles. The lowest BCUT2D eigenvalue weighted by molar-refractivity contribution is -0.0984. The Labute approximate surface area is 210 Å². The predicted octanol–water partition coefficient (Wildman–Crippen LogP) is 2.80. The summed E-state index contributed by atoms with van der Waals surface area (Å²) in [6.45, 7) is 4.01. The average molecular weight is 525 g/mol. The zero-order valence-electron chi connectivity index (χ0n) is 20.2. The first kappa shape index (κ1) is 27.5. The number of aliphatic hydroxyl groups is 1. The molecule has 0 aromatic heterocycles. The number of aliphatic hydroxyl groups excluding tert-OH is 1. The Bertz CT molecular complexity index is 1120. The third-order valence-corrected chi connectivity index (χ3v) is 7.42. The van der Waals surface area contributed by atoms with Gasteiger partial charge in [-0.25, -0.2) is 13.2 Å². The van der Waals surface area contributed by atoms with Crippen LogP contribution in [0.2, 0.25) is 0 Å². The highest BCUT2D eigenvalue weighted by atomic mass is 32.2. The number of carboxylic acid groups (broad SMARTS) is 1. The molecular formula is C24H32N2O9S. The monoisotopic (exact) mass is 524 g/mol. The lowest BCUT2D eigenvalue weighted by Gasteiger charge is -2.28. The molecule has 36 heavy (non-hydrogen) atoms. The molecule has 0 fully saturated rings. The van der Waals surface area contributed by atoms with Crippen LogP contribution in [0.4, 0.5) is 4.79 Å². The van der Waals surface area contributed by atoms with Crippen molar-refractivity contribution in [2.75, 3.05) is 33.1 Å². The molecule has 3 N–H and O–H groups in total. The van der Waals surface area contributed by atoms with Crippen LogP contribution in [-0.2, 0) is 16.4 Å². The van der Waals surface area contributed by atoms with Gasteiger partial charge in [0, 0.05) is 19.2 Å². The number of sulfonamides is 1. The molecule has 1 amide bonds. The molecule has 11 nitrogen and oxygen atoms in total. The molecule has 1 atom stereocenters. The number of rotatable bonds is 13. The first-order valence-electron chi connectivity index (χ1n) is 11.5. The molecule has 2 aromatic carbocycles. The Balaban J connectivity index is 1.78. The topological polar surface area (TPSA) is 146 Å². The van der Waals surface area contributed by atoms with E-state index in [2.05, 4.69) is 0 Å². The predicted molar refractivity (Wildman–Crippen MR) is 129 cm³/mol. The van der Waals surface area contributed by atoms with Crippen molar-refractivity contribution in [3.63, 3.8) is 0 Å². The Kier molecular flexibility index (Phi) is 9.37. The number of hydrogen-bond donors (Lipinski definition) is 3. The number of fused-ring (bicyclic) bond motifs is 1. The minimum atomic E-state index is -3.93. The largest absolute Gasteiger partial charge is 0.491 e. The molecule has 12 heteroatoms. The van der Waals surface area contributed by atoms with Gasteiger partial charge in [0.25, 0.3) is 0 Å². The van der Waals surface area contributed by atoms with Gasteiger partial charge in [0.1, 0.15) is 12.4 Å². The zero-order chi connectivity index (χ0) is 26.3. The standard InChI is InChI=1S/C24H32N2O9S/c1-17(2)15-25(36(31,32)21-7-8-22-23(14-21)35-16-34-22)10-9-19(26(30)24(28)29)13-18-3-5-20(6-4-18)33-12-11-27/h3-8,14,17,19,27,30H,9-13,15-16H2,1-2H3,(H,28,29). The molecule has 1 aliphatic heterocycles. The minimum Gasteiger partial charge on any atom is -0.491 e. The summed E-state index contributed by atoms with van der Waals surface area (Å²) in [4.78, 5) is 11.6. The van der Waals surface area contributed by atoms with Crippen molar-refractivity contribution in [3.8, 4) is 17.2 Å². The van der Waals surface area contributed by atoms with Crippen LogP contribution in [0, 0.1) is 5.92 Å². The van der Waals surface area contributed by atoms with Crippen molar-refractivity contribution in [3.05, 3.63) is 48.0 Å². The van der Waals surface area contributed by atoms with Crippen LogP contribution in [0.1, 0.15) is 25.8 Å². The summed E-state index contributed by atoms with van der Waals surface area (Å²) in [5.74, 6) is 1.36. The van der Waals surface area contributed by atoms with Gasteiger partial charge in [-0.05, 0) is 48.6 Å². The number of ether oxygens (including phenoxy) is 3. The van der Waals surface area contributed by atoms with Gasteiger partial charge >= 0.3 is 6.09 Å². The Hall–Kier alpha value is -3.06. The first-order chi connectivity index (χ1) is 17.1. The van der Waals surface area contributed by atoms with E-state index < -0.39 is 22.2 Å². The van der Waals surface area contributed by atoms with Crippen LogP contribution in [-0.4, -0.2) is 78.4 Å². The second-order valence-corrected chi connectivity index (χ2v) is 10.7. The second-order valence-electron chi connectivity index (χ2n) is 8.76. The van der Waals surface area contributed by atoms with Crippen LogP contribution in [0.15, 0.2) is 47.4 Å². The Morgan fingerprint density at radius 3 is 2.44 bits per heavy atom. The molecule has 0 bridgehead atoms. The second kappa shape index (κ2) is 12.3. The summed E-state index contributed by atoms with van der Waals surface area (Å²) < 4.78 is 44.1. The van der Waals surface area contributed by atoms with Crippen molar-refractivity contribution in [2.24, 2.45) is 5.92 Å². The maximum absolute atomic E-state index is 13.5. The number of hydroxylamine groups is 2. The number of benzene rings is 2. The van der Waals surface area contributed by atoms with Crippen LogP contribution >= 0.6 is 0 Å². The smallest absolute Gasteiger partial charge is 0.431 e. The van der Waals surface area contributed by atoms with Crippen molar-refractivity contribution in [1.29, 1.82) is 0 Å². The molecule has 1 aliphatic rings. The summed E-state index contributed by atoms with van der Waals surface area (Å²) in [6, 6.07) is 10.3. The summed E-state index contributed by atoms with van der Waals surface area (Å²) in [5.41, 5.74) is 0.727. The van der Waals surface area contributed by atoms with Crippen molar-refractivity contribution in [1.82, 2.24) is 9.37 Å². The number of amides is 1. The van der Waals surface area contributed by atoms with E-state index in [1.807, 2.05) is 13.8 Å². The van der Waals surface area contributed by atoms with Crippen LogP contribution in [0.3, 0.4) is 0 Å². The van der Waals surface area contributed by atoms with Crippen molar-refractivity contribution < 1.29 is 42.8 Å². The molecular weight excluding hydrogens is 492 g/mol. The fourth-order valence-corrected chi connectivity index (χ4v) is 5.45. The normalized spacial score (nSPS) is 13.7. The number of hydrogen-bond acceptors (Lipinski definition) is 8. The molecule has 0 aliphatic carbocycles. The number of nitrogens with zero attached hydrogens (tertiary/aromatic N) is 2. The summed E-state index contributed by atoms with van der Waals surface area (Å²) >= 11 is 0. The average Bonchev–Trinajstić information content (AvgIpc) is 3.32. The molecule has 1 heterocycles. The van der Waals surface area contributed by atoms with Gasteiger partial charge in [0.05, 0.1) is 17.5 Å². The van der Waals surface area contributed by atoms with Crippen molar-refractivity contribution in [2.45, 2.75) is 37.6 Å². The molecule has 0 radical (unpaired) electrons. The molecule has 0 saturated heterocycles. The van der Waals surface area contributed by atoms with E-state index in [1.165, 1.54) is 16.4 Å². The van der Waals surface area contributed by atoms with E-state index >= 15 is 0 Å². The lowest BCUT2D eigenvalue weighted by Crippen LogP contribution is -2.42. The van der Waals surface area contributed by atoms with Crippen LogP contribution in [0.25, 0.3) is 0 Å². The SMILES string of the molecule is CC(C)CN(CCC(Cc1ccc(OCCO)cc1)N(O)C(=O)O)S(=O)(=O)c1ccc2c(c1)OCO2. The van der Waals surface area contributed by atoms with Crippen LogP contribution < -0.4 is 14.2 Å². The Morgan fingerprint density at radius 2 is 1.81 bits per heavy atom. The van der Waals surface area contributed by atoms with Crippen molar-refractivity contribution >= 4 is 16.1 Å². The number of carbonyl (C=O) groups is 1. The third kappa shape index (κ3) is 7.00. The summed E-state index contributed by atoms with van der Waals surface area (Å²) in [7, 11) is -3.93. The van der Waals surface area contributed by atoms with Gasteiger partial charge < -0.3 is 24.4 Å². The maximum atomic E-state index is 13.5. The van der Waals surface area contributed by atoms with Gasteiger partial charge in [-0.15, -0.1) is 0 Å². The fourth-order valence-electron chi connectivity index (χ4n) is 3.82. The van der Waals surface area contributed by atoms with Gasteiger partial charge in [-0.2, -0.15) is 9.37 Å². The Morgan fingerprint density at radius 1 is 1.11 bits per heavy atom. The zero-order valence-corrected chi connectivity index (χ0v) is 21.1. The fraction of sp³-hybridized carbons (Fsp3) is 0.458. The lowest BCUT2D eigenvalue weighted by atomic mass is 10.0. The van der Waals surface area contributed by atoms with E-state index in [-0.39, 0.29) is 61.8 Å². The maximum Gasteiger partial charge on any atom is 0.431 e. The quantitative estimate of drug-likeness (QED) is 0.266. The highest BCUT2D eigenvalue weighted by molar-refractivity contribution is 7.89. The van der Waals surface area contributed by atoms with Crippen LogP contribution in [0.5, 0.6) is 17.2 Å². The van der Waals surface area contributed by atoms with Gasteiger partial charge in [-0.1, -0.05) is 26.0 Å². The third-order valence-electron chi connectivity index (χ3n) is 5.56. The van der Waals surface area contributed by atoms with E-state index in [0.717, 1.165) is 5.56 Å². The summed E-state index contributed by atoms with van der Waals surface area (Å²) in [5, 5.41) is 28.7. The molecule has 2 aromatic rings. The molecule has 0 spiro atoms.